The minimum absolute atomic E-state index is 0.0719. The van der Waals surface area contributed by atoms with Gasteiger partial charge in [0, 0.05) is 17.0 Å². The summed E-state index contributed by atoms with van der Waals surface area (Å²) < 4.78 is 30.5. The molecule has 0 saturated heterocycles. The molecule has 1 saturated carbocycles. The lowest BCUT2D eigenvalue weighted by molar-refractivity contribution is -0.140. The molecule has 0 spiro atoms. The summed E-state index contributed by atoms with van der Waals surface area (Å²) in [6.45, 7) is 2.24. The standard InChI is InChI=1S/C21H32F2O2S/c1-2-3-4-5-6-7-8-9-16-10-12-17(13-11-16)21(24)25-19-14-18(15-26-19)20(22)23/h14-17,20H,2-13H2,1H3. The zero-order valence-electron chi connectivity index (χ0n) is 15.9. The first-order valence-electron chi connectivity index (χ1n) is 10.2. The van der Waals surface area contributed by atoms with Gasteiger partial charge in [0.25, 0.3) is 6.43 Å². The molecule has 1 aliphatic carbocycles. The van der Waals surface area contributed by atoms with Crippen LogP contribution in [0.4, 0.5) is 8.78 Å². The smallest absolute Gasteiger partial charge is 0.315 e. The Morgan fingerprint density at radius 3 is 2.38 bits per heavy atom. The molecule has 1 fully saturated rings. The van der Waals surface area contributed by atoms with E-state index in [-0.39, 0.29) is 22.5 Å². The second-order valence-electron chi connectivity index (χ2n) is 7.55. The molecule has 1 aromatic heterocycles. The molecule has 0 radical (unpaired) electrons. The van der Waals surface area contributed by atoms with Gasteiger partial charge < -0.3 is 4.74 Å². The Morgan fingerprint density at radius 2 is 1.77 bits per heavy atom. The summed E-state index contributed by atoms with van der Waals surface area (Å²) in [6.07, 6.45) is 12.0. The Kier molecular flexibility index (Phi) is 9.58. The van der Waals surface area contributed by atoms with Crippen LogP contribution < -0.4 is 4.74 Å². The summed E-state index contributed by atoms with van der Waals surface area (Å²) in [6, 6.07) is 1.28. The van der Waals surface area contributed by atoms with Crippen LogP contribution in [0.2, 0.25) is 0 Å². The lowest BCUT2D eigenvalue weighted by Crippen LogP contribution is -2.25. The Hall–Kier alpha value is -0.970. The number of rotatable bonds is 11. The molecule has 2 nitrogen and oxygen atoms in total. The van der Waals surface area contributed by atoms with Crippen LogP contribution in [-0.2, 0) is 4.79 Å². The molecule has 0 amide bonds. The van der Waals surface area contributed by atoms with Gasteiger partial charge in [0.05, 0.1) is 5.92 Å². The molecule has 1 aromatic rings. The predicted octanol–water partition coefficient (Wildman–Crippen LogP) is 7.54. The van der Waals surface area contributed by atoms with E-state index in [2.05, 4.69) is 6.92 Å². The third-order valence-corrected chi connectivity index (χ3v) is 6.27. The van der Waals surface area contributed by atoms with Gasteiger partial charge >= 0.3 is 5.97 Å². The number of hydrogen-bond donors (Lipinski definition) is 0. The molecule has 0 unspecified atom stereocenters. The van der Waals surface area contributed by atoms with Crippen LogP contribution in [0.15, 0.2) is 11.4 Å². The quantitative estimate of drug-likeness (QED) is 0.290. The van der Waals surface area contributed by atoms with Crippen molar-refractivity contribution in [1.29, 1.82) is 0 Å². The molecule has 148 valence electrons. The third-order valence-electron chi connectivity index (χ3n) is 5.44. The first kappa shape index (κ1) is 21.3. The third kappa shape index (κ3) is 7.34. The molecule has 0 N–H and O–H groups in total. The molecule has 5 heteroatoms. The highest BCUT2D eigenvalue weighted by Crippen LogP contribution is 2.35. The van der Waals surface area contributed by atoms with Crippen LogP contribution >= 0.6 is 11.3 Å². The van der Waals surface area contributed by atoms with E-state index in [1.54, 1.807) is 0 Å². The number of carbonyl (C=O) groups is 1. The van der Waals surface area contributed by atoms with E-state index in [1.165, 1.54) is 62.8 Å². The number of ether oxygens (including phenoxy) is 1. The largest absolute Gasteiger partial charge is 0.415 e. The van der Waals surface area contributed by atoms with Gasteiger partial charge in [-0.3, -0.25) is 4.79 Å². The fourth-order valence-electron chi connectivity index (χ4n) is 3.76. The van der Waals surface area contributed by atoms with Crippen molar-refractivity contribution in [1.82, 2.24) is 0 Å². The number of alkyl halides is 2. The van der Waals surface area contributed by atoms with Crippen LogP contribution in [-0.4, -0.2) is 5.97 Å². The van der Waals surface area contributed by atoms with Crippen LogP contribution in [0.1, 0.15) is 96.0 Å². The van der Waals surface area contributed by atoms with Gasteiger partial charge in [-0.05, 0) is 31.6 Å². The second-order valence-corrected chi connectivity index (χ2v) is 8.42. The molecular weight excluding hydrogens is 354 g/mol. The average Bonchev–Trinajstić information content (AvgIpc) is 3.10. The van der Waals surface area contributed by atoms with Gasteiger partial charge in [0.2, 0.25) is 0 Å². The maximum Gasteiger partial charge on any atom is 0.315 e. The molecule has 0 aromatic carbocycles. The summed E-state index contributed by atoms with van der Waals surface area (Å²) in [7, 11) is 0. The van der Waals surface area contributed by atoms with E-state index in [0.29, 0.717) is 0 Å². The summed E-state index contributed by atoms with van der Waals surface area (Å²) in [5.41, 5.74) is -0.0730. The zero-order chi connectivity index (χ0) is 18.8. The number of thiophene rings is 1. The van der Waals surface area contributed by atoms with Crippen LogP contribution in [0.25, 0.3) is 0 Å². The molecule has 0 aliphatic heterocycles. The minimum atomic E-state index is -2.51. The minimum Gasteiger partial charge on any atom is -0.415 e. The monoisotopic (exact) mass is 386 g/mol. The van der Waals surface area contributed by atoms with E-state index in [9.17, 15) is 13.6 Å². The summed E-state index contributed by atoms with van der Waals surface area (Å²) in [5, 5.41) is 1.64. The highest BCUT2D eigenvalue weighted by Gasteiger charge is 2.28. The van der Waals surface area contributed by atoms with E-state index >= 15 is 0 Å². The Bertz CT molecular complexity index is 522. The van der Waals surface area contributed by atoms with Crippen molar-refractivity contribution in [3.63, 3.8) is 0 Å². The highest BCUT2D eigenvalue weighted by atomic mass is 32.1. The van der Waals surface area contributed by atoms with Gasteiger partial charge in [-0.25, -0.2) is 8.78 Å². The molecule has 2 rings (SSSR count). The molecule has 1 heterocycles. The van der Waals surface area contributed by atoms with Gasteiger partial charge in [-0.2, -0.15) is 0 Å². The van der Waals surface area contributed by atoms with Crippen molar-refractivity contribution in [3.8, 4) is 5.06 Å². The van der Waals surface area contributed by atoms with E-state index in [1.807, 2.05) is 0 Å². The Labute approximate surface area is 160 Å². The fourth-order valence-corrected chi connectivity index (χ4v) is 4.52. The van der Waals surface area contributed by atoms with Crippen molar-refractivity contribution in [3.05, 3.63) is 17.0 Å². The van der Waals surface area contributed by atoms with Gasteiger partial charge in [0.15, 0.2) is 5.06 Å². The Morgan fingerprint density at radius 1 is 1.12 bits per heavy atom. The number of carbonyl (C=O) groups excluding carboxylic acids is 1. The van der Waals surface area contributed by atoms with Crippen LogP contribution in [0, 0.1) is 11.8 Å². The van der Waals surface area contributed by atoms with E-state index < -0.39 is 6.43 Å². The van der Waals surface area contributed by atoms with Gasteiger partial charge in [-0.1, -0.05) is 58.3 Å². The molecule has 26 heavy (non-hydrogen) atoms. The second kappa shape index (κ2) is 11.7. The lowest BCUT2D eigenvalue weighted by Gasteiger charge is -2.27. The lowest BCUT2D eigenvalue weighted by atomic mass is 9.80. The summed E-state index contributed by atoms with van der Waals surface area (Å²) in [4.78, 5) is 12.2. The van der Waals surface area contributed by atoms with Crippen molar-refractivity contribution in [2.24, 2.45) is 11.8 Å². The van der Waals surface area contributed by atoms with E-state index in [0.717, 1.165) is 42.9 Å². The zero-order valence-corrected chi connectivity index (χ0v) is 16.7. The molecule has 1 aliphatic rings. The van der Waals surface area contributed by atoms with Crippen molar-refractivity contribution < 1.29 is 18.3 Å². The topological polar surface area (TPSA) is 26.3 Å². The van der Waals surface area contributed by atoms with Gasteiger partial charge in [0.1, 0.15) is 0 Å². The maximum absolute atomic E-state index is 12.6. The van der Waals surface area contributed by atoms with Gasteiger partial charge in [-0.15, -0.1) is 11.3 Å². The Balaban J connectivity index is 1.59. The number of hydrogen-bond acceptors (Lipinski definition) is 3. The maximum atomic E-state index is 12.6. The van der Waals surface area contributed by atoms with Crippen molar-refractivity contribution >= 4 is 17.3 Å². The summed E-state index contributed by atoms with van der Waals surface area (Å²) in [5.74, 6) is 0.418. The molecule has 0 atom stereocenters. The van der Waals surface area contributed by atoms with Crippen LogP contribution in [0.5, 0.6) is 5.06 Å². The SMILES string of the molecule is CCCCCCCCCC1CCC(C(=O)Oc2cc(C(F)F)cs2)CC1. The molecule has 0 bridgehead atoms. The average molecular weight is 387 g/mol. The fraction of sp³-hybridized carbons (Fsp3) is 0.762. The number of esters is 1. The van der Waals surface area contributed by atoms with Crippen molar-refractivity contribution in [2.45, 2.75) is 90.4 Å². The first-order chi connectivity index (χ1) is 12.6. The summed E-state index contributed by atoms with van der Waals surface area (Å²) >= 11 is 1.07. The number of halogens is 2. The highest BCUT2D eigenvalue weighted by molar-refractivity contribution is 7.12. The predicted molar refractivity (Wildman–Crippen MR) is 103 cm³/mol. The van der Waals surface area contributed by atoms with Crippen LogP contribution in [0.3, 0.4) is 0 Å². The van der Waals surface area contributed by atoms with E-state index in [4.69, 9.17) is 4.74 Å². The van der Waals surface area contributed by atoms with Crippen molar-refractivity contribution in [2.75, 3.05) is 0 Å². The first-order valence-corrected chi connectivity index (χ1v) is 11.1. The number of unbranched alkanes of at least 4 members (excludes halogenated alkanes) is 6. The molecular formula is C21H32F2O2S. The normalized spacial score (nSPS) is 20.5.